The van der Waals surface area contributed by atoms with Gasteiger partial charge in [0.25, 0.3) is 5.91 Å². The Labute approximate surface area is 164 Å². The Morgan fingerprint density at radius 2 is 1.86 bits per heavy atom. The second-order valence-electron chi connectivity index (χ2n) is 7.07. The highest BCUT2D eigenvalue weighted by molar-refractivity contribution is 5.87. The van der Waals surface area contributed by atoms with Crippen LogP contribution in [0.1, 0.15) is 44.6 Å². The number of carbonyl (C=O) groups is 3. The molecule has 28 heavy (non-hydrogen) atoms. The van der Waals surface area contributed by atoms with Crippen molar-refractivity contribution in [3.05, 3.63) is 35.9 Å². The molecule has 8 heteroatoms. The summed E-state index contributed by atoms with van der Waals surface area (Å²) in [5.41, 5.74) is 5.06. The molecule has 0 aliphatic heterocycles. The first-order chi connectivity index (χ1) is 13.3. The molecule has 1 aliphatic rings. The molecule has 1 aromatic rings. The SMILES string of the molecule is C[C@@H](OC(=O)[C@H](Cc1ccccc1)NC(N)=O)C(=O)NC1(C#N)CCCCC1. The molecular formula is C20H26N4O4. The van der Waals surface area contributed by atoms with Crippen molar-refractivity contribution in [3.8, 4) is 6.07 Å². The zero-order valence-electron chi connectivity index (χ0n) is 15.9. The Morgan fingerprint density at radius 1 is 1.21 bits per heavy atom. The molecule has 3 amide bonds. The Morgan fingerprint density at radius 3 is 2.43 bits per heavy atom. The molecule has 0 heterocycles. The summed E-state index contributed by atoms with van der Waals surface area (Å²) in [5, 5.41) is 14.6. The first-order valence-electron chi connectivity index (χ1n) is 9.39. The van der Waals surface area contributed by atoms with Crippen LogP contribution in [0.5, 0.6) is 0 Å². The number of nitrogens with one attached hydrogen (secondary N) is 2. The number of rotatable bonds is 7. The van der Waals surface area contributed by atoms with Crippen molar-refractivity contribution in [3.63, 3.8) is 0 Å². The van der Waals surface area contributed by atoms with Gasteiger partial charge in [-0.1, -0.05) is 49.6 Å². The van der Waals surface area contributed by atoms with Gasteiger partial charge in [0.05, 0.1) is 6.07 Å². The molecule has 2 atom stereocenters. The Kier molecular flexibility index (Phi) is 7.38. The molecule has 0 bridgehead atoms. The summed E-state index contributed by atoms with van der Waals surface area (Å²) in [6, 6.07) is 9.37. The number of nitrogens with two attached hydrogens (primary N) is 1. The van der Waals surface area contributed by atoms with E-state index in [1.807, 2.05) is 18.2 Å². The van der Waals surface area contributed by atoms with Crippen molar-refractivity contribution in [1.82, 2.24) is 10.6 Å². The van der Waals surface area contributed by atoms with Gasteiger partial charge >= 0.3 is 12.0 Å². The maximum absolute atomic E-state index is 12.5. The molecule has 4 N–H and O–H groups in total. The first kappa shape index (κ1) is 21.2. The molecule has 1 aliphatic carbocycles. The summed E-state index contributed by atoms with van der Waals surface area (Å²) in [6.45, 7) is 1.44. The predicted molar refractivity (Wildman–Crippen MR) is 102 cm³/mol. The van der Waals surface area contributed by atoms with Gasteiger partial charge in [-0.25, -0.2) is 9.59 Å². The van der Waals surface area contributed by atoms with Gasteiger partial charge in [-0.15, -0.1) is 0 Å². The number of hydrogen-bond donors (Lipinski definition) is 3. The summed E-state index contributed by atoms with van der Waals surface area (Å²) < 4.78 is 5.25. The van der Waals surface area contributed by atoms with Crippen LogP contribution in [0, 0.1) is 11.3 Å². The van der Waals surface area contributed by atoms with Crippen LogP contribution >= 0.6 is 0 Å². The number of urea groups is 1. The van der Waals surface area contributed by atoms with Gasteiger partial charge in [0.1, 0.15) is 11.6 Å². The molecule has 2 rings (SSSR count). The highest BCUT2D eigenvalue weighted by Crippen LogP contribution is 2.27. The molecule has 1 aromatic carbocycles. The molecule has 150 valence electrons. The lowest BCUT2D eigenvalue weighted by molar-refractivity contribution is -0.157. The number of hydrogen-bond acceptors (Lipinski definition) is 5. The van der Waals surface area contributed by atoms with Gasteiger partial charge in [0.15, 0.2) is 6.10 Å². The van der Waals surface area contributed by atoms with Crippen LogP contribution in [0.4, 0.5) is 4.79 Å². The quantitative estimate of drug-likeness (QED) is 0.611. The van der Waals surface area contributed by atoms with E-state index >= 15 is 0 Å². The lowest BCUT2D eigenvalue weighted by Gasteiger charge is -2.32. The highest BCUT2D eigenvalue weighted by atomic mass is 16.5. The average Bonchev–Trinajstić information content (AvgIpc) is 2.68. The van der Waals surface area contributed by atoms with Crippen molar-refractivity contribution in [2.75, 3.05) is 0 Å². The maximum Gasteiger partial charge on any atom is 0.329 e. The van der Waals surface area contributed by atoms with E-state index in [4.69, 9.17) is 10.5 Å². The minimum absolute atomic E-state index is 0.180. The van der Waals surface area contributed by atoms with Gasteiger partial charge in [-0.3, -0.25) is 4.79 Å². The van der Waals surface area contributed by atoms with E-state index in [9.17, 15) is 19.6 Å². The molecule has 1 saturated carbocycles. The Balaban J connectivity index is 1.99. The van der Waals surface area contributed by atoms with Crippen LogP contribution < -0.4 is 16.4 Å². The van der Waals surface area contributed by atoms with E-state index in [0.29, 0.717) is 12.8 Å². The second-order valence-corrected chi connectivity index (χ2v) is 7.07. The van der Waals surface area contributed by atoms with E-state index in [-0.39, 0.29) is 6.42 Å². The van der Waals surface area contributed by atoms with Crippen molar-refractivity contribution in [2.45, 2.75) is 63.1 Å². The topological polar surface area (TPSA) is 134 Å². The first-order valence-corrected chi connectivity index (χ1v) is 9.39. The number of amides is 3. The van der Waals surface area contributed by atoms with Crippen molar-refractivity contribution < 1.29 is 19.1 Å². The molecular weight excluding hydrogens is 360 g/mol. The summed E-state index contributed by atoms with van der Waals surface area (Å²) in [5.74, 6) is -1.30. The van der Waals surface area contributed by atoms with E-state index in [2.05, 4.69) is 16.7 Å². The average molecular weight is 386 g/mol. The van der Waals surface area contributed by atoms with Crippen LogP contribution in [-0.4, -0.2) is 35.6 Å². The molecule has 0 radical (unpaired) electrons. The Bertz CT molecular complexity index is 738. The van der Waals surface area contributed by atoms with E-state index < -0.39 is 35.6 Å². The number of nitrogens with zero attached hydrogens (tertiary/aromatic N) is 1. The van der Waals surface area contributed by atoms with Gasteiger partial charge in [-0.2, -0.15) is 5.26 Å². The summed E-state index contributed by atoms with van der Waals surface area (Å²) >= 11 is 0. The van der Waals surface area contributed by atoms with Crippen molar-refractivity contribution in [2.24, 2.45) is 5.73 Å². The molecule has 1 fully saturated rings. The minimum Gasteiger partial charge on any atom is -0.451 e. The van der Waals surface area contributed by atoms with Crippen LogP contribution in [0.15, 0.2) is 30.3 Å². The third-order valence-electron chi connectivity index (χ3n) is 4.83. The number of esters is 1. The van der Waals surface area contributed by atoms with E-state index in [1.54, 1.807) is 12.1 Å². The lowest BCUT2D eigenvalue weighted by atomic mass is 9.83. The highest BCUT2D eigenvalue weighted by Gasteiger charge is 2.36. The molecule has 0 unspecified atom stereocenters. The van der Waals surface area contributed by atoms with Crippen molar-refractivity contribution in [1.29, 1.82) is 5.26 Å². The van der Waals surface area contributed by atoms with Crippen LogP contribution in [0.25, 0.3) is 0 Å². The number of benzene rings is 1. The molecule has 0 aromatic heterocycles. The second kappa shape index (κ2) is 9.74. The van der Waals surface area contributed by atoms with Gasteiger partial charge in [-0.05, 0) is 25.3 Å². The van der Waals surface area contributed by atoms with Gasteiger partial charge in [0, 0.05) is 6.42 Å². The van der Waals surface area contributed by atoms with Crippen molar-refractivity contribution >= 4 is 17.9 Å². The van der Waals surface area contributed by atoms with E-state index in [0.717, 1.165) is 24.8 Å². The van der Waals surface area contributed by atoms with E-state index in [1.165, 1.54) is 6.92 Å². The lowest BCUT2D eigenvalue weighted by Crippen LogP contribution is -2.53. The largest absolute Gasteiger partial charge is 0.451 e. The summed E-state index contributed by atoms with van der Waals surface area (Å²) in [7, 11) is 0. The number of primary amides is 1. The minimum atomic E-state index is -1.10. The zero-order valence-corrected chi connectivity index (χ0v) is 15.9. The van der Waals surface area contributed by atoms with Gasteiger partial charge < -0.3 is 21.1 Å². The molecule has 0 spiro atoms. The fourth-order valence-electron chi connectivity index (χ4n) is 3.28. The molecule has 8 nitrogen and oxygen atoms in total. The number of ether oxygens (including phenoxy) is 1. The van der Waals surface area contributed by atoms with Gasteiger partial charge in [0.2, 0.25) is 0 Å². The molecule has 0 saturated heterocycles. The fraction of sp³-hybridized carbons (Fsp3) is 0.500. The summed E-state index contributed by atoms with van der Waals surface area (Å²) in [4.78, 5) is 36.2. The fourth-order valence-corrected chi connectivity index (χ4v) is 3.28. The number of nitriles is 1. The number of carbonyl (C=O) groups excluding carboxylic acids is 3. The third kappa shape index (κ3) is 5.98. The monoisotopic (exact) mass is 386 g/mol. The summed E-state index contributed by atoms with van der Waals surface area (Å²) in [6.07, 6.45) is 2.99. The normalized spacial score (nSPS) is 17.4. The Hall–Kier alpha value is -3.08. The third-order valence-corrected chi connectivity index (χ3v) is 4.83. The zero-order chi connectivity index (χ0) is 20.6. The van der Waals surface area contributed by atoms with Crippen LogP contribution in [0.3, 0.4) is 0 Å². The standard InChI is InChI=1S/C20H26N4O4/c1-14(17(25)24-20(13-21)10-6-3-7-11-20)28-18(26)16(23-19(22)27)12-15-8-4-2-5-9-15/h2,4-5,8-9,14,16H,3,6-7,10-12H2,1H3,(H,24,25)(H3,22,23,27)/t14-,16+/m1/s1. The van der Waals surface area contributed by atoms with Crippen LogP contribution in [0.2, 0.25) is 0 Å². The maximum atomic E-state index is 12.5. The smallest absolute Gasteiger partial charge is 0.329 e. The van der Waals surface area contributed by atoms with Crippen LogP contribution in [-0.2, 0) is 20.7 Å². The predicted octanol–water partition coefficient (Wildman–Crippen LogP) is 1.54.